The van der Waals surface area contributed by atoms with E-state index in [1.54, 1.807) is 0 Å². The number of allylic oxidation sites excluding steroid dienone is 2. The largest absolute Gasteiger partial charge is 0.463 e. The molecule has 1 unspecified atom stereocenters. The first-order valence-electron chi connectivity index (χ1n) is 6.77. The third-order valence-electron chi connectivity index (χ3n) is 2.68. The Morgan fingerprint density at radius 1 is 1.20 bits per heavy atom. The third kappa shape index (κ3) is 10.1. The standard InChI is InChI=1S/C16H24O4/c1-5-15(17)19-12-8-10-13(3)9-7-11-14(4)20-16(18)6-2/h5-6,9,14H,1-2,7-8,10-12H2,3-4H3/b13-9-. The first-order valence-corrected chi connectivity index (χ1v) is 6.77. The molecule has 0 aliphatic heterocycles. The second kappa shape index (κ2) is 11.0. The van der Waals surface area contributed by atoms with Crippen LogP contribution in [0.5, 0.6) is 0 Å². The second-order valence-electron chi connectivity index (χ2n) is 4.55. The fourth-order valence-electron chi connectivity index (χ4n) is 1.55. The highest BCUT2D eigenvalue weighted by Crippen LogP contribution is 2.09. The summed E-state index contributed by atoms with van der Waals surface area (Å²) >= 11 is 0. The van der Waals surface area contributed by atoms with Gasteiger partial charge >= 0.3 is 11.9 Å². The molecular weight excluding hydrogens is 256 g/mol. The van der Waals surface area contributed by atoms with E-state index in [-0.39, 0.29) is 18.0 Å². The molecule has 0 rings (SSSR count). The lowest BCUT2D eigenvalue weighted by molar-refractivity contribution is -0.142. The molecule has 0 aliphatic carbocycles. The number of ether oxygens (including phenoxy) is 2. The third-order valence-corrected chi connectivity index (χ3v) is 2.68. The number of esters is 2. The van der Waals surface area contributed by atoms with Crippen LogP contribution in [0.1, 0.15) is 39.5 Å². The van der Waals surface area contributed by atoms with Gasteiger partial charge in [0.2, 0.25) is 0 Å². The molecule has 0 aromatic rings. The van der Waals surface area contributed by atoms with E-state index in [4.69, 9.17) is 9.47 Å². The molecular formula is C16H24O4. The van der Waals surface area contributed by atoms with Crippen LogP contribution in [0, 0.1) is 0 Å². The lowest BCUT2D eigenvalue weighted by Gasteiger charge is -2.10. The van der Waals surface area contributed by atoms with Crippen LogP contribution < -0.4 is 0 Å². The maximum Gasteiger partial charge on any atom is 0.330 e. The van der Waals surface area contributed by atoms with E-state index in [0.717, 1.165) is 31.8 Å². The molecule has 0 bridgehead atoms. The molecule has 4 heteroatoms. The van der Waals surface area contributed by atoms with Gasteiger partial charge in [0, 0.05) is 12.2 Å². The van der Waals surface area contributed by atoms with Crippen molar-refractivity contribution in [2.45, 2.75) is 45.6 Å². The maximum atomic E-state index is 11.0. The van der Waals surface area contributed by atoms with Gasteiger partial charge in [-0.25, -0.2) is 9.59 Å². The Labute approximate surface area is 121 Å². The predicted molar refractivity (Wildman–Crippen MR) is 79.1 cm³/mol. The predicted octanol–water partition coefficient (Wildman–Crippen LogP) is 3.34. The van der Waals surface area contributed by atoms with Crippen LogP contribution >= 0.6 is 0 Å². The monoisotopic (exact) mass is 280 g/mol. The molecule has 0 amide bonds. The topological polar surface area (TPSA) is 52.6 Å². The van der Waals surface area contributed by atoms with Gasteiger partial charge in [-0.3, -0.25) is 0 Å². The van der Waals surface area contributed by atoms with Gasteiger partial charge in [0.25, 0.3) is 0 Å². The van der Waals surface area contributed by atoms with E-state index in [1.807, 2.05) is 13.8 Å². The molecule has 0 radical (unpaired) electrons. The summed E-state index contributed by atoms with van der Waals surface area (Å²) in [5.41, 5.74) is 1.24. The Morgan fingerprint density at radius 3 is 2.45 bits per heavy atom. The van der Waals surface area contributed by atoms with Crippen LogP contribution in [0.15, 0.2) is 37.0 Å². The highest BCUT2D eigenvalue weighted by molar-refractivity contribution is 5.81. The van der Waals surface area contributed by atoms with Gasteiger partial charge in [-0.1, -0.05) is 24.8 Å². The number of hydrogen-bond donors (Lipinski definition) is 0. The molecule has 1 atom stereocenters. The van der Waals surface area contributed by atoms with Crippen LogP contribution in [0.3, 0.4) is 0 Å². The summed E-state index contributed by atoms with van der Waals surface area (Å²) in [4.78, 5) is 21.8. The zero-order valence-electron chi connectivity index (χ0n) is 12.4. The number of carbonyl (C=O) groups is 2. The summed E-state index contributed by atoms with van der Waals surface area (Å²) in [6.45, 7) is 11.0. The summed E-state index contributed by atoms with van der Waals surface area (Å²) in [7, 11) is 0. The van der Waals surface area contributed by atoms with Crippen LogP contribution in [0.4, 0.5) is 0 Å². The van der Waals surface area contributed by atoms with Crippen LogP contribution in [0.2, 0.25) is 0 Å². The Kier molecular flexibility index (Phi) is 10.0. The lowest BCUT2D eigenvalue weighted by Crippen LogP contribution is -2.12. The van der Waals surface area contributed by atoms with Gasteiger partial charge in [0.05, 0.1) is 12.7 Å². The van der Waals surface area contributed by atoms with Gasteiger partial charge in [-0.15, -0.1) is 0 Å². The first kappa shape index (κ1) is 18.2. The minimum Gasteiger partial charge on any atom is -0.463 e. The van der Waals surface area contributed by atoms with Crippen molar-refractivity contribution in [2.24, 2.45) is 0 Å². The quantitative estimate of drug-likeness (QED) is 0.266. The van der Waals surface area contributed by atoms with E-state index in [2.05, 4.69) is 19.2 Å². The van der Waals surface area contributed by atoms with E-state index >= 15 is 0 Å². The Morgan fingerprint density at radius 2 is 1.85 bits per heavy atom. The summed E-state index contributed by atoms with van der Waals surface area (Å²) in [5, 5.41) is 0. The molecule has 0 spiro atoms. The molecule has 0 fully saturated rings. The molecule has 0 aromatic heterocycles. The molecule has 20 heavy (non-hydrogen) atoms. The number of rotatable bonds is 10. The maximum absolute atomic E-state index is 11.0. The summed E-state index contributed by atoms with van der Waals surface area (Å²) in [6, 6.07) is 0. The minimum absolute atomic E-state index is 0.113. The highest BCUT2D eigenvalue weighted by atomic mass is 16.5. The van der Waals surface area contributed by atoms with Crippen molar-refractivity contribution in [1.29, 1.82) is 0 Å². The molecule has 0 heterocycles. The van der Waals surface area contributed by atoms with Crippen molar-refractivity contribution in [3.05, 3.63) is 37.0 Å². The van der Waals surface area contributed by atoms with Gasteiger partial charge in [-0.05, 0) is 39.5 Å². The second-order valence-corrected chi connectivity index (χ2v) is 4.55. The summed E-state index contributed by atoms with van der Waals surface area (Å²) in [5.74, 6) is -0.772. The van der Waals surface area contributed by atoms with E-state index < -0.39 is 0 Å². The van der Waals surface area contributed by atoms with Crippen molar-refractivity contribution in [3.63, 3.8) is 0 Å². The molecule has 0 saturated heterocycles. The van der Waals surface area contributed by atoms with Gasteiger partial charge in [0.15, 0.2) is 0 Å². The van der Waals surface area contributed by atoms with Crippen molar-refractivity contribution >= 4 is 11.9 Å². The van der Waals surface area contributed by atoms with E-state index in [1.165, 1.54) is 11.6 Å². The van der Waals surface area contributed by atoms with Crippen LogP contribution in [-0.2, 0) is 19.1 Å². The van der Waals surface area contributed by atoms with Crippen molar-refractivity contribution in [3.8, 4) is 0 Å². The summed E-state index contributed by atoms with van der Waals surface area (Å²) < 4.78 is 9.95. The SMILES string of the molecule is C=CC(=O)OCCC/C(C)=C\CCC(C)OC(=O)C=C. The van der Waals surface area contributed by atoms with Crippen LogP contribution in [-0.4, -0.2) is 24.6 Å². The molecule has 0 saturated carbocycles. The van der Waals surface area contributed by atoms with E-state index in [0.29, 0.717) is 6.61 Å². The van der Waals surface area contributed by atoms with Gasteiger partial charge in [-0.2, -0.15) is 0 Å². The minimum atomic E-state index is -0.387. The molecule has 0 N–H and O–H groups in total. The molecule has 4 nitrogen and oxygen atoms in total. The molecule has 0 aromatic carbocycles. The Hall–Kier alpha value is -1.84. The fraction of sp³-hybridized carbons (Fsp3) is 0.500. The van der Waals surface area contributed by atoms with Crippen molar-refractivity contribution in [1.82, 2.24) is 0 Å². The zero-order chi connectivity index (χ0) is 15.4. The van der Waals surface area contributed by atoms with Gasteiger partial charge in [0.1, 0.15) is 0 Å². The van der Waals surface area contributed by atoms with E-state index in [9.17, 15) is 9.59 Å². The van der Waals surface area contributed by atoms with Crippen molar-refractivity contribution in [2.75, 3.05) is 6.61 Å². The van der Waals surface area contributed by atoms with Crippen LogP contribution in [0.25, 0.3) is 0 Å². The first-order chi connectivity index (χ1) is 9.49. The summed E-state index contributed by atoms with van der Waals surface area (Å²) in [6.07, 6.45) is 7.64. The van der Waals surface area contributed by atoms with Crippen molar-refractivity contribution < 1.29 is 19.1 Å². The highest BCUT2D eigenvalue weighted by Gasteiger charge is 2.05. The Balaban J connectivity index is 3.74. The normalized spacial score (nSPS) is 12.4. The molecule has 0 aliphatic rings. The Bertz CT molecular complexity index is 369. The smallest absolute Gasteiger partial charge is 0.330 e. The zero-order valence-corrected chi connectivity index (χ0v) is 12.4. The molecule has 112 valence electrons. The fourth-order valence-corrected chi connectivity index (χ4v) is 1.55. The van der Waals surface area contributed by atoms with Gasteiger partial charge < -0.3 is 9.47 Å². The lowest BCUT2D eigenvalue weighted by atomic mass is 10.1. The number of hydrogen-bond acceptors (Lipinski definition) is 4. The average Bonchev–Trinajstić information content (AvgIpc) is 2.42. The average molecular weight is 280 g/mol. The number of carbonyl (C=O) groups excluding carboxylic acids is 2.